The molecular formula is C13H17N5O4. The number of nitrogens with one attached hydrogen (secondary N) is 2. The van der Waals surface area contributed by atoms with E-state index < -0.39 is 11.6 Å². The van der Waals surface area contributed by atoms with Crippen molar-refractivity contribution in [3.63, 3.8) is 0 Å². The number of urea groups is 1. The zero-order valence-corrected chi connectivity index (χ0v) is 12.2. The first-order valence-electron chi connectivity index (χ1n) is 7.18. The number of carbonyl (C=O) groups is 4. The van der Waals surface area contributed by atoms with Crippen LogP contribution in [0.3, 0.4) is 0 Å². The van der Waals surface area contributed by atoms with Crippen molar-refractivity contribution >= 4 is 29.5 Å². The number of likely N-dealkylation sites (tertiary alicyclic amines) is 1. The van der Waals surface area contributed by atoms with E-state index in [2.05, 4.69) is 15.8 Å². The summed E-state index contributed by atoms with van der Waals surface area (Å²) in [5, 5.41) is 6.52. The van der Waals surface area contributed by atoms with Gasteiger partial charge in [0.15, 0.2) is 0 Å². The number of hydrazone groups is 1. The molecule has 0 unspecified atom stereocenters. The van der Waals surface area contributed by atoms with Gasteiger partial charge >= 0.3 is 6.03 Å². The summed E-state index contributed by atoms with van der Waals surface area (Å²) in [6, 6.07) is -0.399. The summed E-state index contributed by atoms with van der Waals surface area (Å²) in [4.78, 5) is 49.9. The van der Waals surface area contributed by atoms with E-state index in [1.165, 1.54) is 7.05 Å². The van der Waals surface area contributed by atoms with Crippen LogP contribution in [0.1, 0.15) is 25.7 Å². The topological polar surface area (TPSA) is 111 Å². The highest BCUT2D eigenvalue weighted by Crippen LogP contribution is 2.29. The van der Waals surface area contributed by atoms with Crippen molar-refractivity contribution in [2.45, 2.75) is 31.2 Å². The normalized spacial score (nSPS) is 24.2. The van der Waals surface area contributed by atoms with Crippen molar-refractivity contribution in [2.75, 3.05) is 20.1 Å². The number of hydrogen-bond donors (Lipinski definition) is 2. The lowest BCUT2D eigenvalue weighted by atomic mass is 9.87. The Morgan fingerprint density at radius 2 is 1.86 bits per heavy atom. The minimum absolute atomic E-state index is 0.198. The summed E-state index contributed by atoms with van der Waals surface area (Å²) in [7, 11) is 1.45. The fourth-order valence-corrected chi connectivity index (χ4v) is 3.00. The van der Waals surface area contributed by atoms with E-state index >= 15 is 0 Å². The third kappa shape index (κ3) is 2.22. The second-order valence-electron chi connectivity index (χ2n) is 5.76. The van der Waals surface area contributed by atoms with Crippen LogP contribution in [0.4, 0.5) is 4.79 Å². The lowest BCUT2D eigenvalue weighted by molar-refractivity contribution is -0.135. The van der Waals surface area contributed by atoms with Gasteiger partial charge in [-0.25, -0.2) is 10.2 Å². The highest BCUT2D eigenvalue weighted by atomic mass is 16.2. The van der Waals surface area contributed by atoms with Crippen LogP contribution in [0, 0.1) is 0 Å². The van der Waals surface area contributed by atoms with Gasteiger partial charge in [-0.2, -0.15) is 5.10 Å². The lowest BCUT2D eigenvalue weighted by Gasteiger charge is -2.37. The van der Waals surface area contributed by atoms with Gasteiger partial charge in [-0.1, -0.05) is 0 Å². The molecule has 3 aliphatic heterocycles. The maximum atomic E-state index is 12.3. The van der Waals surface area contributed by atoms with Crippen molar-refractivity contribution in [1.82, 2.24) is 20.5 Å². The number of nitrogens with zero attached hydrogens (tertiary/aromatic N) is 3. The number of imide groups is 1. The Balaban J connectivity index is 1.65. The zero-order chi connectivity index (χ0) is 15.9. The van der Waals surface area contributed by atoms with E-state index in [4.69, 9.17) is 0 Å². The number of carbonyl (C=O) groups excluding carboxylic acids is 4. The molecular weight excluding hydrogens is 290 g/mol. The Kier molecular flexibility index (Phi) is 3.34. The average Bonchev–Trinajstić information content (AvgIpc) is 2.73. The molecule has 118 valence electrons. The molecule has 0 aliphatic carbocycles. The Bertz CT molecular complexity index is 591. The minimum Gasteiger partial charge on any atom is -0.337 e. The van der Waals surface area contributed by atoms with Gasteiger partial charge < -0.3 is 10.2 Å². The SMILES string of the molecule is CN1C(=O)NC2(CCN(C(=O)C3=NNC(=O)CC3)CC2)C1=O. The van der Waals surface area contributed by atoms with Crippen LogP contribution >= 0.6 is 0 Å². The first-order valence-corrected chi connectivity index (χ1v) is 7.18. The molecule has 0 aromatic carbocycles. The largest absolute Gasteiger partial charge is 0.337 e. The molecule has 0 aromatic rings. The molecule has 3 rings (SSSR count). The van der Waals surface area contributed by atoms with Crippen molar-refractivity contribution in [2.24, 2.45) is 5.10 Å². The number of likely N-dealkylation sites (N-methyl/N-ethyl adjacent to an activating group) is 1. The van der Waals surface area contributed by atoms with E-state index in [0.29, 0.717) is 38.1 Å². The van der Waals surface area contributed by atoms with Gasteiger partial charge in [-0.05, 0) is 12.8 Å². The Morgan fingerprint density at radius 3 is 2.36 bits per heavy atom. The summed E-state index contributed by atoms with van der Waals surface area (Å²) < 4.78 is 0. The van der Waals surface area contributed by atoms with Gasteiger partial charge in [0.25, 0.3) is 11.8 Å². The van der Waals surface area contributed by atoms with Crippen molar-refractivity contribution in [3.8, 4) is 0 Å². The number of piperidine rings is 1. The van der Waals surface area contributed by atoms with E-state index in [1.54, 1.807) is 4.90 Å². The molecule has 2 fully saturated rings. The molecule has 9 nitrogen and oxygen atoms in total. The highest BCUT2D eigenvalue weighted by molar-refractivity contribution is 6.39. The Hall–Kier alpha value is -2.45. The van der Waals surface area contributed by atoms with Crippen LogP contribution in [-0.4, -0.2) is 64.9 Å². The van der Waals surface area contributed by atoms with Crippen LogP contribution in [0.25, 0.3) is 0 Å². The van der Waals surface area contributed by atoms with Gasteiger partial charge in [-0.15, -0.1) is 0 Å². The van der Waals surface area contributed by atoms with Crippen LogP contribution in [0.2, 0.25) is 0 Å². The molecule has 2 N–H and O–H groups in total. The summed E-state index contributed by atoms with van der Waals surface area (Å²) >= 11 is 0. The number of amides is 5. The number of hydrogen-bond acceptors (Lipinski definition) is 5. The van der Waals surface area contributed by atoms with Gasteiger partial charge in [-0.3, -0.25) is 19.3 Å². The van der Waals surface area contributed by atoms with E-state index in [-0.39, 0.29) is 24.1 Å². The number of rotatable bonds is 1. The van der Waals surface area contributed by atoms with Gasteiger partial charge in [0.1, 0.15) is 11.3 Å². The molecule has 3 aliphatic rings. The summed E-state index contributed by atoms with van der Waals surface area (Å²) in [5.41, 5.74) is 1.75. The molecule has 0 bridgehead atoms. The van der Waals surface area contributed by atoms with Gasteiger partial charge in [0.2, 0.25) is 5.91 Å². The fraction of sp³-hybridized carbons (Fsp3) is 0.615. The average molecular weight is 307 g/mol. The zero-order valence-electron chi connectivity index (χ0n) is 12.2. The maximum absolute atomic E-state index is 12.3. The summed E-state index contributed by atoms with van der Waals surface area (Å²) in [5.74, 6) is -0.664. The van der Waals surface area contributed by atoms with Crippen LogP contribution in [0.15, 0.2) is 5.10 Å². The lowest BCUT2D eigenvalue weighted by Crippen LogP contribution is -2.56. The second kappa shape index (κ2) is 5.08. The predicted molar refractivity (Wildman–Crippen MR) is 74.7 cm³/mol. The molecule has 5 amide bonds. The maximum Gasteiger partial charge on any atom is 0.324 e. The van der Waals surface area contributed by atoms with E-state index in [0.717, 1.165) is 4.90 Å². The highest BCUT2D eigenvalue weighted by Gasteiger charge is 2.51. The van der Waals surface area contributed by atoms with E-state index in [1.807, 2.05) is 0 Å². The molecule has 0 atom stereocenters. The third-order valence-corrected chi connectivity index (χ3v) is 4.42. The molecule has 0 saturated carbocycles. The molecule has 3 heterocycles. The van der Waals surface area contributed by atoms with Crippen molar-refractivity contribution in [3.05, 3.63) is 0 Å². The standard InChI is InChI=1S/C13H17N5O4/c1-17-11(21)13(14-12(17)22)4-6-18(7-5-13)10(20)8-2-3-9(19)16-15-8/h2-7H2,1H3,(H,14,22)(H,16,19). The smallest absolute Gasteiger partial charge is 0.324 e. The van der Waals surface area contributed by atoms with Crippen molar-refractivity contribution < 1.29 is 19.2 Å². The fourth-order valence-electron chi connectivity index (χ4n) is 3.00. The van der Waals surface area contributed by atoms with Crippen LogP contribution in [0.5, 0.6) is 0 Å². The second-order valence-corrected chi connectivity index (χ2v) is 5.76. The van der Waals surface area contributed by atoms with Crippen LogP contribution in [-0.2, 0) is 14.4 Å². The molecule has 9 heteroatoms. The minimum atomic E-state index is -0.884. The van der Waals surface area contributed by atoms with Gasteiger partial charge in [0.05, 0.1) is 0 Å². The molecule has 0 radical (unpaired) electrons. The Labute approximate surface area is 126 Å². The predicted octanol–water partition coefficient (Wildman–Crippen LogP) is -1.20. The van der Waals surface area contributed by atoms with Gasteiger partial charge in [0, 0.05) is 33.0 Å². The molecule has 22 heavy (non-hydrogen) atoms. The quantitative estimate of drug-likeness (QED) is 0.592. The molecule has 2 saturated heterocycles. The Morgan fingerprint density at radius 1 is 1.18 bits per heavy atom. The monoisotopic (exact) mass is 307 g/mol. The molecule has 0 aromatic heterocycles. The summed E-state index contributed by atoms with van der Waals surface area (Å²) in [6.07, 6.45) is 1.34. The van der Waals surface area contributed by atoms with Crippen molar-refractivity contribution in [1.29, 1.82) is 0 Å². The third-order valence-electron chi connectivity index (χ3n) is 4.42. The van der Waals surface area contributed by atoms with E-state index in [9.17, 15) is 19.2 Å². The first-order chi connectivity index (χ1) is 10.4. The molecule has 1 spiro atoms. The van der Waals surface area contributed by atoms with Crippen LogP contribution < -0.4 is 10.7 Å². The first kappa shape index (κ1) is 14.5. The summed E-state index contributed by atoms with van der Waals surface area (Å²) in [6.45, 7) is 0.733.